The van der Waals surface area contributed by atoms with Gasteiger partial charge in [-0.1, -0.05) is 18.2 Å². The van der Waals surface area contributed by atoms with Gasteiger partial charge in [-0.15, -0.1) is 0 Å². The second-order valence-electron chi connectivity index (χ2n) is 7.03. The summed E-state index contributed by atoms with van der Waals surface area (Å²) in [6.07, 6.45) is 9.52. The minimum atomic E-state index is -0.214. The van der Waals surface area contributed by atoms with E-state index in [9.17, 15) is 4.39 Å². The van der Waals surface area contributed by atoms with E-state index in [0.717, 1.165) is 41.2 Å². The van der Waals surface area contributed by atoms with Gasteiger partial charge in [0.05, 0.1) is 18.4 Å². The van der Waals surface area contributed by atoms with Gasteiger partial charge in [0.1, 0.15) is 17.8 Å². The van der Waals surface area contributed by atoms with Gasteiger partial charge in [-0.3, -0.25) is 9.67 Å². The molecule has 0 saturated heterocycles. The molecule has 29 heavy (non-hydrogen) atoms. The summed E-state index contributed by atoms with van der Waals surface area (Å²) in [5.41, 5.74) is 5.69. The fourth-order valence-electron chi connectivity index (χ4n) is 3.82. The molecule has 6 nitrogen and oxygen atoms in total. The molecule has 0 radical (unpaired) electrons. The Bertz CT molecular complexity index is 1130. The molecule has 1 aromatic carbocycles. The van der Waals surface area contributed by atoms with Crippen LogP contribution in [0.4, 0.5) is 10.1 Å². The van der Waals surface area contributed by atoms with Crippen LogP contribution >= 0.6 is 0 Å². The Labute approximate surface area is 167 Å². The van der Waals surface area contributed by atoms with E-state index in [1.54, 1.807) is 30.7 Å². The van der Waals surface area contributed by atoms with Crippen LogP contribution in [0.2, 0.25) is 0 Å². The number of hydrogen-bond acceptors (Lipinski definition) is 5. The third-order valence-electron chi connectivity index (χ3n) is 5.26. The Balaban J connectivity index is 1.57. The van der Waals surface area contributed by atoms with E-state index in [1.807, 2.05) is 23.0 Å². The zero-order valence-corrected chi connectivity index (χ0v) is 15.7. The van der Waals surface area contributed by atoms with Crippen molar-refractivity contribution in [2.24, 2.45) is 0 Å². The van der Waals surface area contributed by atoms with Crippen molar-refractivity contribution in [1.82, 2.24) is 24.7 Å². The van der Waals surface area contributed by atoms with Crippen molar-refractivity contribution in [3.63, 3.8) is 0 Å². The number of pyridine rings is 1. The van der Waals surface area contributed by atoms with Crippen molar-refractivity contribution in [3.05, 3.63) is 90.2 Å². The first-order valence-electron chi connectivity index (χ1n) is 9.52. The number of hydrogen-bond donors (Lipinski definition) is 0. The maximum atomic E-state index is 14.2. The second kappa shape index (κ2) is 7.43. The van der Waals surface area contributed by atoms with E-state index in [1.165, 1.54) is 12.4 Å². The van der Waals surface area contributed by atoms with Gasteiger partial charge >= 0.3 is 0 Å². The first-order chi connectivity index (χ1) is 14.3. The van der Waals surface area contributed by atoms with Gasteiger partial charge in [-0.25, -0.2) is 14.4 Å². The van der Waals surface area contributed by atoms with Crippen LogP contribution in [0.3, 0.4) is 0 Å². The number of rotatable bonds is 4. The van der Waals surface area contributed by atoms with Crippen molar-refractivity contribution in [2.45, 2.75) is 19.5 Å². The van der Waals surface area contributed by atoms with E-state index >= 15 is 0 Å². The summed E-state index contributed by atoms with van der Waals surface area (Å²) >= 11 is 0. The first-order valence-corrected chi connectivity index (χ1v) is 9.52. The quantitative estimate of drug-likeness (QED) is 0.537. The summed E-state index contributed by atoms with van der Waals surface area (Å²) in [5.74, 6) is -0.214. The average molecular weight is 386 g/mol. The number of aromatic nitrogens is 5. The van der Waals surface area contributed by atoms with Gasteiger partial charge in [-0.05, 0) is 18.2 Å². The molecule has 0 N–H and O–H groups in total. The Hall–Kier alpha value is -3.61. The van der Waals surface area contributed by atoms with Crippen LogP contribution in [0.1, 0.15) is 16.8 Å². The van der Waals surface area contributed by atoms with Crippen molar-refractivity contribution >= 4 is 5.69 Å². The standard InChI is InChI=1S/C22H19FN6/c23-20-6-2-1-4-16(20)13-29-21-7-9-28(18-5-3-8-24-12-18)14-19(21)22(27-29)17-10-25-15-26-11-17/h1-6,8,10-12,15H,7,9,13-14H2. The van der Waals surface area contributed by atoms with E-state index < -0.39 is 0 Å². The Kier molecular flexibility index (Phi) is 4.48. The highest BCUT2D eigenvalue weighted by atomic mass is 19.1. The minimum Gasteiger partial charge on any atom is -0.365 e. The molecule has 5 rings (SSSR count). The fraction of sp³-hybridized carbons (Fsp3) is 0.182. The molecule has 0 unspecified atom stereocenters. The lowest BCUT2D eigenvalue weighted by Gasteiger charge is -2.29. The molecule has 4 heterocycles. The van der Waals surface area contributed by atoms with Crippen LogP contribution in [0.5, 0.6) is 0 Å². The predicted octanol–water partition coefficient (Wildman–Crippen LogP) is 3.49. The zero-order chi connectivity index (χ0) is 19.6. The van der Waals surface area contributed by atoms with Gasteiger partial charge in [0.25, 0.3) is 0 Å². The summed E-state index contributed by atoms with van der Waals surface area (Å²) in [7, 11) is 0. The Morgan fingerprint density at radius 1 is 0.966 bits per heavy atom. The molecule has 0 aliphatic carbocycles. The van der Waals surface area contributed by atoms with Gasteiger partial charge in [0.2, 0.25) is 0 Å². The van der Waals surface area contributed by atoms with Gasteiger partial charge < -0.3 is 4.90 Å². The smallest absolute Gasteiger partial charge is 0.128 e. The van der Waals surface area contributed by atoms with Crippen LogP contribution in [0.25, 0.3) is 11.3 Å². The summed E-state index contributed by atoms with van der Waals surface area (Å²) < 4.78 is 16.2. The Morgan fingerprint density at radius 3 is 2.62 bits per heavy atom. The molecule has 0 saturated carbocycles. The minimum absolute atomic E-state index is 0.214. The largest absolute Gasteiger partial charge is 0.365 e. The summed E-state index contributed by atoms with van der Waals surface area (Å²) in [6, 6.07) is 10.9. The highest BCUT2D eigenvalue weighted by molar-refractivity contribution is 5.64. The summed E-state index contributed by atoms with van der Waals surface area (Å²) in [5, 5.41) is 4.85. The topological polar surface area (TPSA) is 59.7 Å². The molecule has 3 aromatic heterocycles. The van der Waals surface area contributed by atoms with Crippen LogP contribution in [-0.4, -0.2) is 31.3 Å². The highest BCUT2D eigenvalue weighted by Gasteiger charge is 2.26. The average Bonchev–Trinajstić information content (AvgIpc) is 3.14. The molecular formula is C22H19FN6. The van der Waals surface area contributed by atoms with E-state index in [0.29, 0.717) is 18.7 Å². The molecule has 1 aliphatic rings. The molecule has 0 spiro atoms. The summed E-state index contributed by atoms with van der Waals surface area (Å²) in [6.45, 7) is 1.96. The summed E-state index contributed by atoms with van der Waals surface area (Å²) in [4.78, 5) is 14.8. The van der Waals surface area contributed by atoms with Crippen LogP contribution in [0, 0.1) is 5.82 Å². The van der Waals surface area contributed by atoms with Crippen molar-refractivity contribution in [2.75, 3.05) is 11.4 Å². The lowest BCUT2D eigenvalue weighted by Crippen LogP contribution is -2.31. The monoisotopic (exact) mass is 386 g/mol. The van der Waals surface area contributed by atoms with E-state index in [-0.39, 0.29) is 5.82 Å². The second-order valence-corrected chi connectivity index (χ2v) is 7.03. The van der Waals surface area contributed by atoms with E-state index in [4.69, 9.17) is 5.10 Å². The number of fused-ring (bicyclic) bond motifs is 1. The molecular weight excluding hydrogens is 367 g/mol. The number of nitrogens with zero attached hydrogens (tertiary/aromatic N) is 6. The van der Waals surface area contributed by atoms with Crippen molar-refractivity contribution in [3.8, 4) is 11.3 Å². The maximum Gasteiger partial charge on any atom is 0.128 e. The van der Waals surface area contributed by atoms with Crippen molar-refractivity contribution < 1.29 is 4.39 Å². The third kappa shape index (κ3) is 3.35. The van der Waals surface area contributed by atoms with Gasteiger partial charge in [-0.2, -0.15) is 5.10 Å². The maximum absolute atomic E-state index is 14.2. The van der Waals surface area contributed by atoms with Gasteiger partial charge in [0.15, 0.2) is 0 Å². The van der Waals surface area contributed by atoms with Crippen LogP contribution in [0.15, 0.2) is 67.5 Å². The van der Waals surface area contributed by atoms with Gasteiger partial charge in [0, 0.05) is 60.5 Å². The molecule has 0 atom stereocenters. The number of halogens is 1. The molecule has 1 aliphatic heterocycles. The van der Waals surface area contributed by atoms with Crippen LogP contribution in [-0.2, 0) is 19.5 Å². The number of anilines is 1. The molecule has 0 amide bonds. The molecule has 0 fully saturated rings. The fourth-order valence-corrected chi connectivity index (χ4v) is 3.82. The van der Waals surface area contributed by atoms with E-state index in [2.05, 4.69) is 25.9 Å². The molecule has 4 aromatic rings. The molecule has 7 heteroatoms. The molecule has 0 bridgehead atoms. The predicted molar refractivity (Wildman–Crippen MR) is 108 cm³/mol. The highest BCUT2D eigenvalue weighted by Crippen LogP contribution is 2.32. The SMILES string of the molecule is Fc1ccccc1Cn1nc(-c2cncnc2)c2c1CCN(c1cccnc1)C2. The molecule has 144 valence electrons. The number of benzene rings is 1. The first kappa shape index (κ1) is 17.5. The Morgan fingerprint density at radius 2 is 1.83 bits per heavy atom. The lowest BCUT2D eigenvalue weighted by atomic mass is 10.0. The zero-order valence-electron chi connectivity index (χ0n) is 15.7. The normalized spacial score (nSPS) is 13.3. The van der Waals surface area contributed by atoms with Crippen LogP contribution < -0.4 is 4.90 Å². The lowest BCUT2D eigenvalue weighted by molar-refractivity contribution is 0.568. The third-order valence-corrected chi connectivity index (χ3v) is 5.26. The van der Waals surface area contributed by atoms with Crippen molar-refractivity contribution in [1.29, 1.82) is 0 Å².